The zero-order chi connectivity index (χ0) is 14.0. The van der Waals surface area contributed by atoms with Gasteiger partial charge < -0.3 is 9.47 Å². The number of nitrogens with zero attached hydrogens (tertiary/aromatic N) is 1. The first-order valence-electron chi connectivity index (χ1n) is 5.87. The monoisotopic (exact) mass is 349 g/mol. The Bertz CT molecular complexity index is 573. The van der Waals surface area contributed by atoms with Gasteiger partial charge in [0.15, 0.2) is 11.5 Å². The average molecular weight is 350 g/mol. The SMILES string of the molecule is CN(Cc1cc2c(cc1Br)OCCCO2)S(C)(=O)=O. The van der Waals surface area contributed by atoms with Gasteiger partial charge in [0.2, 0.25) is 10.0 Å². The van der Waals surface area contributed by atoms with E-state index < -0.39 is 10.0 Å². The zero-order valence-electron chi connectivity index (χ0n) is 10.8. The molecule has 0 atom stereocenters. The quantitative estimate of drug-likeness (QED) is 0.837. The Hall–Kier alpha value is -0.790. The highest BCUT2D eigenvalue weighted by atomic mass is 79.9. The van der Waals surface area contributed by atoms with Crippen LogP contribution in [-0.4, -0.2) is 39.2 Å². The topological polar surface area (TPSA) is 55.8 Å². The number of sulfonamides is 1. The fourth-order valence-electron chi connectivity index (χ4n) is 1.70. The van der Waals surface area contributed by atoms with Crippen molar-refractivity contribution in [3.8, 4) is 11.5 Å². The summed E-state index contributed by atoms with van der Waals surface area (Å²) in [5.74, 6) is 1.35. The lowest BCUT2D eigenvalue weighted by Crippen LogP contribution is -2.25. The molecule has 0 spiro atoms. The minimum atomic E-state index is -3.21. The first-order valence-corrected chi connectivity index (χ1v) is 8.51. The number of rotatable bonds is 3. The van der Waals surface area contributed by atoms with Gasteiger partial charge in [-0.25, -0.2) is 12.7 Å². The van der Waals surface area contributed by atoms with E-state index in [-0.39, 0.29) is 6.54 Å². The summed E-state index contributed by atoms with van der Waals surface area (Å²) in [5.41, 5.74) is 0.845. The summed E-state index contributed by atoms with van der Waals surface area (Å²) in [6.07, 6.45) is 2.02. The van der Waals surface area contributed by atoms with Gasteiger partial charge in [0.05, 0.1) is 19.5 Å². The van der Waals surface area contributed by atoms with Gasteiger partial charge in [-0.05, 0) is 17.7 Å². The van der Waals surface area contributed by atoms with Crippen LogP contribution in [0.15, 0.2) is 16.6 Å². The molecule has 1 aromatic rings. The molecular weight excluding hydrogens is 334 g/mol. The number of fused-ring (bicyclic) bond motifs is 1. The lowest BCUT2D eigenvalue weighted by Gasteiger charge is -2.17. The van der Waals surface area contributed by atoms with Crippen molar-refractivity contribution in [1.82, 2.24) is 4.31 Å². The molecule has 19 heavy (non-hydrogen) atoms. The number of hydrogen-bond acceptors (Lipinski definition) is 4. The molecule has 7 heteroatoms. The Morgan fingerprint density at radius 3 is 2.42 bits per heavy atom. The number of halogens is 1. The Labute approximate surface area is 121 Å². The third kappa shape index (κ3) is 3.61. The molecule has 2 rings (SSSR count). The van der Waals surface area contributed by atoms with E-state index in [0.717, 1.165) is 16.5 Å². The van der Waals surface area contributed by atoms with E-state index in [1.165, 1.54) is 10.6 Å². The summed E-state index contributed by atoms with van der Waals surface area (Å²) in [6.45, 7) is 1.52. The molecule has 106 valence electrons. The summed E-state index contributed by atoms with van der Waals surface area (Å²) in [7, 11) is -1.66. The standard InChI is InChI=1S/C12H16BrNO4S/c1-14(19(2,15)16)8-9-6-11-12(7-10(9)13)18-5-3-4-17-11/h6-7H,3-5,8H2,1-2H3. The minimum Gasteiger partial charge on any atom is -0.490 e. The molecule has 0 unspecified atom stereocenters. The molecule has 1 aromatic carbocycles. The van der Waals surface area contributed by atoms with Gasteiger partial charge in [0.1, 0.15) is 0 Å². The summed E-state index contributed by atoms with van der Waals surface area (Å²) in [4.78, 5) is 0. The first-order chi connectivity index (χ1) is 8.88. The fraction of sp³-hybridized carbons (Fsp3) is 0.500. The third-order valence-corrected chi connectivity index (χ3v) is 4.88. The zero-order valence-corrected chi connectivity index (χ0v) is 13.3. The van der Waals surface area contributed by atoms with Crippen LogP contribution >= 0.6 is 15.9 Å². The molecule has 5 nitrogen and oxygen atoms in total. The van der Waals surface area contributed by atoms with Crippen molar-refractivity contribution in [2.45, 2.75) is 13.0 Å². The average Bonchev–Trinajstić information content (AvgIpc) is 2.53. The Balaban J connectivity index is 2.29. The van der Waals surface area contributed by atoms with Crippen LogP contribution < -0.4 is 9.47 Å². The van der Waals surface area contributed by atoms with Crippen molar-refractivity contribution >= 4 is 26.0 Å². The highest BCUT2D eigenvalue weighted by Gasteiger charge is 2.17. The summed E-state index contributed by atoms with van der Waals surface area (Å²) >= 11 is 3.44. The minimum absolute atomic E-state index is 0.288. The molecular formula is C12H16BrNO4S. The normalized spacial score (nSPS) is 15.4. The molecule has 0 saturated carbocycles. The molecule has 1 aliphatic rings. The van der Waals surface area contributed by atoms with Gasteiger partial charge in [-0.2, -0.15) is 0 Å². The van der Waals surface area contributed by atoms with E-state index in [1.54, 1.807) is 7.05 Å². The van der Waals surface area contributed by atoms with Crippen LogP contribution in [0.3, 0.4) is 0 Å². The maximum Gasteiger partial charge on any atom is 0.211 e. The number of ether oxygens (including phenoxy) is 2. The molecule has 1 heterocycles. The van der Waals surface area contributed by atoms with Crippen LogP contribution in [0.2, 0.25) is 0 Å². The Kier molecular flexibility index (Phi) is 4.37. The van der Waals surface area contributed by atoms with E-state index in [0.29, 0.717) is 24.7 Å². The van der Waals surface area contributed by atoms with Gasteiger partial charge in [-0.3, -0.25) is 0 Å². The van der Waals surface area contributed by atoms with Crippen LogP contribution in [0, 0.1) is 0 Å². The highest BCUT2D eigenvalue weighted by Crippen LogP contribution is 2.35. The van der Waals surface area contributed by atoms with Gasteiger partial charge >= 0.3 is 0 Å². The molecule has 0 aromatic heterocycles. The molecule has 0 N–H and O–H groups in total. The molecule has 0 radical (unpaired) electrons. The van der Waals surface area contributed by atoms with E-state index in [4.69, 9.17) is 9.47 Å². The van der Waals surface area contributed by atoms with Gasteiger partial charge in [0, 0.05) is 24.5 Å². The second-order valence-electron chi connectivity index (χ2n) is 4.46. The van der Waals surface area contributed by atoms with Crippen molar-refractivity contribution in [2.75, 3.05) is 26.5 Å². The second kappa shape index (κ2) is 5.68. The van der Waals surface area contributed by atoms with Crippen molar-refractivity contribution in [3.05, 3.63) is 22.2 Å². The maximum atomic E-state index is 11.4. The largest absolute Gasteiger partial charge is 0.490 e. The lowest BCUT2D eigenvalue weighted by molar-refractivity contribution is 0.297. The van der Waals surface area contributed by atoms with Crippen molar-refractivity contribution in [1.29, 1.82) is 0 Å². The number of benzene rings is 1. The van der Waals surface area contributed by atoms with E-state index in [2.05, 4.69) is 15.9 Å². The molecule has 0 fully saturated rings. The molecule has 0 bridgehead atoms. The third-order valence-electron chi connectivity index (χ3n) is 2.88. The number of hydrogen-bond donors (Lipinski definition) is 0. The van der Waals surface area contributed by atoms with E-state index in [1.807, 2.05) is 12.1 Å². The smallest absolute Gasteiger partial charge is 0.211 e. The van der Waals surface area contributed by atoms with Crippen molar-refractivity contribution in [2.24, 2.45) is 0 Å². The van der Waals surface area contributed by atoms with Crippen LogP contribution in [-0.2, 0) is 16.6 Å². The van der Waals surface area contributed by atoms with Gasteiger partial charge in [-0.15, -0.1) is 0 Å². The van der Waals surface area contributed by atoms with Crippen molar-refractivity contribution < 1.29 is 17.9 Å². The fourth-order valence-corrected chi connectivity index (χ4v) is 2.53. The molecule has 1 aliphatic heterocycles. The molecule has 0 saturated heterocycles. The Morgan fingerprint density at radius 2 is 1.84 bits per heavy atom. The Morgan fingerprint density at radius 1 is 1.26 bits per heavy atom. The summed E-state index contributed by atoms with van der Waals surface area (Å²) in [6, 6.07) is 3.65. The van der Waals surface area contributed by atoms with Gasteiger partial charge in [0.25, 0.3) is 0 Å². The molecule has 0 amide bonds. The summed E-state index contributed by atoms with van der Waals surface area (Å²) < 4.78 is 36.2. The van der Waals surface area contributed by atoms with E-state index in [9.17, 15) is 8.42 Å². The first kappa shape index (κ1) is 14.6. The van der Waals surface area contributed by atoms with Crippen LogP contribution in [0.5, 0.6) is 11.5 Å². The predicted octanol–water partition coefficient (Wildman–Crippen LogP) is 2.00. The summed E-state index contributed by atoms with van der Waals surface area (Å²) in [5, 5.41) is 0. The predicted molar refractivity (Wildman–Crippen MR) is 76.1 cm³/mol. The lowest BCUT2D eigenvalue weighted by atomic mass is 10.2. The maximum absolute atomic E-state index is 11.4. The molecule has 0 aliphatic carbocycles. The van der Waals surface area contributed by atoms with Crippen LogP contribution in [0.1, 0.15) is 12.0 Å². The van der Waals surface area contributed by atoms with Crippen molar-refractivity contribution in [3.63, 3.8) is 0 Å². The van der Waals surface area contributed by atoms with E-state index >= 15 is 0 Å². The second-order valence-corrected chi connectivity index (χ2v) is 7.40. The highest BCUT2D eigenvalue weighted by molar-refractivity contribution is 9.10. The van der Waals surface area contributed by atoms with Crippen LogP contribution in [0.4, 0.5) is 0 Å². The van der Waals surface area contributed by atoms with Gasteiger partial charge in [-0.1, -0.05) is 15.9 Å². The van der Waals surface area contributed by atoms with Crippen LogP contribution in [0.25, 0.3) is 0 Å².